The van der Waals surface area contributed by atoms with E-state index in [0.29, 0.717) is 0 Å². The van der Waals surface area contributed by atoms with Crippen LogP contribution in [-0.2, 0) is 4.79 Å². The molecule has 0 radical (unpaired) electrons. The molecule has 1 saturated heterocycles. The number of aliphatic carboxylic acids is 1. The number of likely N-dealkylation sites (tertiary alicyclic amines) is 1. The van der Waals surface area contributed by atoms with E-state index in [9.17, 15) is 9.59 Å². The Bertz CT molecular complexity index is 694. The van der Waals surface area contributed by atoms with Gasteiger partial charge < -0.3 is 15.3 Å². The molecule has 1 aliphatic rings. The van der Waals surface area contributed by atoms with Gasteiger partial charge in [-0.2, -0.15) is 0 Å². The van der Waals surface area contributed by atoms with E-state index >= 15 is 0 Å². The summed E-state index contributed by atoms with van der Waals surface area (Å²) in [5.41, 5.74) is 3.76. The minimum absolute atomic E-state index is 0.132. The Balaban J connectivity index is 1.62. The predicted octanol–water partition coefficient (Wildman–Crippen LogP) is 2.08. The van der Waals surface area contributed by atoms with Crippen molar-refractivity contribution in [2.24, 2.45) is 5.92 Å². The summed E-state index contributed by atoms with van der Waals surface area (Å²) < 4.78 is 1.09. The van der Waals surface area contributed by atoms with Gasteiger partial charge >= 0.3 is 12.0 Å². The summed E-state index contributed by atoms with van der Waals surface area (Å²) in [7, 11) is 0. The molecule has 0 spiro atoms. The lowest BCUT2D eigenvalue weighted by atomic mass is 10.0. The highest BCUT2D eigenvalue weighted by atomic mass is 32.1. The fraction of sp³-hybridized carbons (Fsp3) is 0.357. The lowest BCUT2D eigenvalue weighted by Crippen LogP contribution is -2.56. The number of carbonyl (C=O) groups excluding carboxylic acids is 1. The number of rotatable bonds is 3. The lowest BCUT2D eigenvalue weighted by molar-refractivity contribution is -0.146. The molecule has 3 rings (SSSR count). The molecule has 110 valence electrons. The first-order chi connectivity index (χ1) is 10.0. The van der Waals surface area contributed by atoms with Gasteiger partial charge in [0.05, 0.1) is 27.7 Å². The minimum atomic E-state index is -0.845. The molecule has 1 aromatic heterocycles. The molecule has 2 aromatic rings. The summed E-state index contributed by atoms with van der Waals surface area (Å²) in [5.74, 6) is -1.28. The molecule has 21 heavy (non-hydrogen) atoms. The zero-order valence-electron chi connectivity index (χ0n) is 11.4. The number of carboxylic acids is 1. The Morgan fingerprint density at radius 2 is 2.24 bits per heavy atom. The number of carbonyl (C=O) groups is 2. The summed E-state index contributed by atoms with van der Waals surface area (Å²) in [4.78, 5) is 28.5. The number of urea groups is 1. The Morgan fingerprint density at radius 1 is 1.48 bits per heavy atom. The fourth-order valence-electron chi connectivity index (χ4n) is 2.30. The van der Waals surface area contributed by atoms with Crippen LogP contribution in [0, 0.1) is 5.92 Å². The van der Waals surface area contributed by atoms with Gasteiger partial charge in [0, 0.05) is 13.1 Å². The maximum atomic E-state index is 12.0. The van der Waals surface area contributed by atoms with Crippen molar-refractivity contribution >= 4 is 33.6 Å². The van der Waals surface area contributed by atoms with E-state index in [1.165, 1.54) is 4.90 Å². The highest BCUT2D eigenvalue weighted by Gasteiger charge is 2.35. The van der Waals surface area contributed by atoms with E-state index in [1.807, 2.05) is 25.1 Å². The lowest BCUT2D eigenvalue weighted by Gasteiger charge is -2.37. The van der Waals surface area contributed by atoms with Crippen molar-refractivity contribution in [3.05, 3.63) is 29.3 Å². The summed E-state index contributed by atoms with van der Waals surface area (Å²) in [6, 6.07) is 5.56. The van der Waals surface area contributed by atoms with Gasteiger partial charge in [0.25, 0.3) is 0 Å². The van der Waals surface area contributed by atoms with Crippen LogP contribution in [0.5, 0.6) is 0 Å². The molecule has 0 aliphatic carbocycles. The Morgan fingerprint density at radius 3 is 2.95 bits per heavy atom. The number of amides is 2. The zero-order chi connectivity index (χ0) is 15.0. The number of nitrogens with zero attached hydrogens (tertiary/aromatic N) is 2. The molecular formula is C14H15N3O3S. The van der Waals surface area contributed by atoms with Gasteiger partial charge in [0.1, 0.15) is 0 Å². The van der Waals surface area contributed by atoms with Crippen molar-refractivity contribution in [2.45, 2.75) is 13.0 Å². The molecule has 1 aliphatic heterocycles. The molecule has 1 atom stereocenters. The van der Waals surface area contributed by atoms with Crippen LogP contribution in [0.4, 0.5) is 4.79 Å². The van der Waals surface area contributed by atoms with Crippen molar-refractivity contribution < 1.29 is 14.7 Å². The minimum Gasteiger partial charge on any atom is -0.481 e. The van der Waals surface area contributed by atoms with E-state index in [-0.39, 0.29) is 25.2 Å². The average Bonchev–Trinajstić information content (AvgIpc) is 2.83. The van der Waals surface area contributed by atoms with Crippen molar-refractivity contribution in [3.63, 3.8) is 0 Å². The highest BCUT2D eigenvalue weighted by Crippen LogP contribution is 2.23. The second-order valence-electron chi connectivity index (χ2n) is 5.19. The third-order valence-electron chi connectivity index (χ3n) is 3.71. The maximum absolute atomic E-state index is 12.0. The number of hydrogen-bond acceptors (Lipinski definition) is 4. The van der Waals surface area contributed by atoms with Crippen LogP contribution in [0.2, 0.25) is 0 Å². The van der Waals surface area contributed by atoms with Gasteiger partial charge in [-0.25, -0.2) is 9.78 Å². The molecule has 0 bridgehead atoms. The Labute approximate surface area is 125 Å². The number of thiazole rings is 1. The van der Waals surface area contributed by atoms with Crippen LogP contribution >= 0.6 is 11.3 Å². The number of nitrogens with one attached hydrogen (secondary N) is 1. The summed E-state index contributed by atoms with van der Waals surface area (Å²) in [5, 5.41) is 11.7. The van der Waals surface area contributed by atoms with Crippen molar-refractivity contribution in [2.75, 3.05) is 13.1 Å². The molecule has 1 aromatic carbocycles. The maximum Gasteiger partial charge on any atom is 0.317 e. The third-order valence-corrected chi connectivity index (χ3v) is 4.51. The van der Waals surface area contributed by atoms with Crippen LogP contribution in [0.15, 0.2) is 23.7 Å². The monoisotopic (exact) mass is 305 g/mol. The van der Waals surface area contributed by atoms with Crippen LogP contribution in [0.1, 0.15) is 18.5 Å². The summed E-state index contributed by atoms with van der Waals surface area (Å²) >= 11 is 1.56. The molecular weight excluding hydrogens is 290 g/mol. The highest BCUT2D eigenvalue weighted by molar-refractivity contribution is 7.16. The molecule has 2 N–H and O–H groups in total. The largest absolute Gasteiger partial charge is 0.481 e. The third kappa shape index (κ3) is 2.69. The van der Waals surface area contributed by atoms with Crippen LogP contribution < -0.4 is 5.32 Å². The van der Waals surface area contributed by atoms with E-state index in [2.05, 4.69) is 10.3 Å². The summed E-state index contributed by atoms with van der Waals surface area (Å²) in [6.07, 6.45) is 0. The number of hydrogen-bond donors (Lipinski definition) is 2. The van der Waals surface area contributed by atoms with E-state index in [4.69, 9.17) is 5.11 Å². The molecule has 2 heterocycles. The Hall–Kier alpha value is -2.15. The first-order valence-electron chi connectivity index (χ1n) is 6.66. The second kappa shape index (κ2) is 5.33. The first kappa shape index (κ1) is 13.8. The topological polar surface area (TPSA) is 82.5 Å². The van der Waals surface area contributed by atoms with E-state index in [0.717, 1.165) is 15.8 Å². The van der Waals surface area contributed by atoms with Crippen molar-refractivity contribution in [3.8, 4) is 0 Å². The molecule has 0 saturated carbocycles. The van der Waals surface area contributed by atoms with Gasteiger partial charge in [-0.3, -0.25) is 4.79 Å². The molecule has 2 amide bonds. The van der Waals surface area contributed by atoms with Crippen LogP contribution in [0.25, 0.3) is 10.2 Å². The number of fused-ring (bicyclic) bond motifs is 1. The molecule has 1 unspecified atom stereocenters. The van der Waals surface area contributed by atoms with Crippen LogP contribution in [0.3, 0.4) is 0 Å². The van der Waals surface area contributed by atoms with Gasteiger partial charge in [0.2, 0.25) is 0 Å². The number of benzene rings is 1. The predicted molar refractivity (Wildman–Crippen MR) is 79.3 cm³/mol. The molecule has 7 heteroatoms. The van der Waals surface area contributed by atoms with Gasteiger partial charge in [-0.1, -0.05) is 6.07 Å². The quantitative estimate of drug-likeness (QED) is 0.909. The number of aromatic nitrogens is 1. The smallest absolute Gasteiger partial charge is 0.317 e. The standard InChI is InChI=1S/C14H15N3O3S/c1-8(9-2-3-11-12(4-9)21-7-15-11)16-14(20)17-5-10(6-17)13(18)19/h2-4,7-8,10H,5-6H2,1H3,(H,16,20)(H,18,19). The second-order valence-corrected chi connectivity index (χ2v) is 6.08. The number of carboxylic acid groups (broad SMARTS) is 1. The zero-order valence-corrected chi connectivity index (χ0v) is 12.3. The van der Waals surface area contributed by atoms with Crippen LogP contribution in [-0.4, -0.2) is 40.1 Å². The molecule has 6 nitrogen and oxygen atoms in total. The summed E-state index contributed by atoms with van der Waals surface area (Å²) in [6.45, 7) is 2.47. The van der Waals surface area contributed by atoms with Gasteiger partial charge in [-0.15, -0.1) is 11.3 Å². The van der Waals surface area contributed by atoms with E-state index in [1.54, 1.807) is 16.8 Å². The Kier molecular flexibility index (Phi) is 3.50. The fourth-order valence-corrected chi connectivity index (χ4v) is 3.03. The van der Waals surface area contributed by atoms with Gasteiger partial charge in [0.15, 0.2) is 0 Å². The normalized spacial score (nSPS) is 16.5. The van der Waals surface area contributed by atoms with Crippen molar-refractivity contribution in [1.29, 1.82) is 0 Å². The molecule has 1 fully saturated rings. The van der Waals surface area contributed by atoms with Crippen molar-refractivity contribution in [1.82, 2.24) is 15.2 Å². The first-order valence-corrected chi connectivity index (χ1v) is 7.54. The van der Waals surface area contributed by atoms with E-state index < -0.39 is 11.9 Å². The SMILES string of the molecule is CC(NC(=O)N1CC(C(=O)O)C1)c1ccc2ncsc2c1. The average molecular weight is 305 g/mol. The van der Waals surface area contributed by atoms with Gasteiger partial charge in [-0.05, 0) is 24.6 Å².